The van der Waals surface area contributed by atoms with Gasteiger partial charge in [0.1, 0.15) is 0 Å². The van der Waals surface area contributed by atoms with E-state index in [2.05, 4.69) is 4.72 Å². The van der Waals surface area contributed by atoms with Crippen molar-refractivity contribution in [1.29, 1.82) is 5.26 Å². The first-order valence-corrected chi connectivity index (χ1v) is 8.20. The largest absolute Gasteiger partial charge is 0.216 e. The zero-order valence-corrected chi connectivity index (χ0v) is 12.5. The van der Waals surface area contributed by atoms with Gasteiger partial charge in [-0.2, -0.15) is 5.26 Å². The van der Waals surface area contributed by atoms with Crippen LogP contribution in [-0.2, 0) is 15.8 Å². The van der Waals surface area contributed by atoms with Crippen LogP contribution in [0.3, 0.4) is 0 Å². The average Bonchev–Trinajstić information content (AvgIpc) is 2.47. The lowest BCUT2D eigenvalue weighted by Crippen LogP contribution is -2.28. The summed E-state index contributed by atoms with van der Waals surface area (Å²) < 4.78 is 27.1. The summed E-state index contributed by atoms with van der Waals surface area (Å²) in [5.41, 5.74) is 1.79. The molecular formula is C16H16N2O2S. The molecule has 0 aliphatic heterocycles. The van der Waals surface area contributed by atoms with Crippen molar-refractivity contribution in [1.82, 2.24) is 4.72 Å². The first-order valence-electron chi connectivity index (χ1n) is 6.55. The monoisotopic (exact) mass is 300 g/mol. The standard InChI is InChI=1S/C16H16N2O2S/c1-13(14-7-3-2-4-8-14)18-21(19,20)12-16-10-6-5-9-15(16)11-17/h2-10,13,18H,12H2,1H3. The molecule has 0 aliphatic carbocycles. The van der Waals surface area contributed by atoms with Gasteiger partial charge >= 0.3 is 0 Å². The van der Waals surface area contributed by atoms with Gasteiger partial charge in [-0.25, -0.2) is 13.1 Å². The van der Waals surface area contributed by atoms with Crippen LogP contribution in [-0.4, -0.2) is 8.42 Å². The highest BCUT2D eigenvalue weighted by Gasteiger charge is 2.17. The van der Waals surface area contributed by atoms with Gasteiger partial charge in [0.25, 0.3) is 0 Å². The van der Waals surface area contributed by atoms with Gasteiger partial charge in [-0.1, -0.05) is 48.5 Å². The summed E-state index contributed by atoms with van der Waals surface area (Å²) >= 11 is 0. The summed E-state index contributed by atoms with van der Waals surface area (Å²) in [6.07, 6.45) is 0. The van der Waals surface area contributed by atoms with Gasteiger partial charge in [-0.3, -0.25) is 0 Å². The van der Waals surface area contributed by atoms with Crippen LogP contribution in [0.15, 0.2) is 54.6 Å². The Morgan fingerprint density at radius 1 is 1.10 bits per heavy atom. The molecule has 2 rings (SSSR count). The van der Waals surface area contributed by atoms with Crippen molar-refractivity contribution in [3.63, 3.8) is 0 Å². The van der Waals surface area contributed by atoms with Gasteiger partial charge in [0.05, 0.1) is 17.4 Å². The maximum absolute atomic E-state index is 12.2. The maximum Gasteiger partial charge on any atom is 0.216 e. The minimum atomic E-state index is -3.52. The molecule has 0 saturated heterocycles. The number of nitrogens with one attached hydrogen (secondary N) is 1. The van der Waals surface area contributed by atoms with Crippen LogP contribution in [0.4, 0.5) is 0 Å². The Kier molecular flexibility index (Phi) is 4.73. The molecular weight excluding hydrogens is 284 g/mol. The van der Waals surface area contributed by atoms with Crippen LogP contribution in [0.5, 0.6) is 0 Å². The second kappa shape index (κ2) is 6.53. The number of benzene rings is 2. The fourth-order valence-electron chi connectivity index (χ4n) is 2.08. The van der Waals surface area contributed by atoms with E-state index in [1.54, 1.807) is 31.2 Å². The maximum atomic E-state index is 12.2. The number of hydrogen-bond donors (Lipinski definition) is 1. The van der Waals surface area contributed by atoms with Gasteiger partial charge in [0.2, 0.25) is 10.0 Å². The van der Waals surface area contributed by atoms with Crippen LogP contribution in [0, 0.1) is 11.3 Å². The third kappa shape index (κ3) is 4.15. The smallest absolute Gasteiger partial charge is 0.212 e. The van der Waals surface area contributed by atoms with Crippen molar-refractivity contribution in [2.75, 3.05) is 0 Å². The summed E-state index contributed by atoms with van der Waals surface area (Å²) in [4.78, 5) is 0. The third-order valence-electron chi connectivity index (χ3n) is 3.14. The highest BCUT2D eigenvalue weighted by atomic mass is 32.2. The molecule has 0 heterocycles. The van der Waals surface area contributed by atoms with E-state index in [4.69, 9.17) is 5.26 Å². The van der Waals surface area contributed by atoms with Crippen molar-refractivity contribution in [2.24, 2.45) is 0 Å². The fourth-order valence-corrected chi connectivity index (χ4v) is 3.50. The minimum absolute atomic E-state index is 0.200. The van der Waals surface area contributed by atoms with Crippen LogP contribution in [0.25, 0.3) is 0 Å². The van der Waals surface area contributed by atoms with E-state index in [0.29, 0.717) is 11.1 Å². The van der Waals surface area contributed by atoms with E-state index in [1.807, 2.05) is 36.4 Å². The van der Waals surface area contributed by atoms with E-state index in [9.17, 15) is 8.42 Å². The van der Waals surface area contributed by atoms with Crippen molar-refractivity contribution >= 4 is 10.0 Å². The Bertz CT molecular complexity index is 749. The van der Waals surface area contributed by atoms with Crippen molar-refractivity contribution in [3.8, 4) is 6.07 Å². The average molecular weight is 300 g/mol. The molecule has 1 unspecified atom stereocenters. The molecule has 21 heavy (non-hydrogen) atoms. The molecule has 0 radical (unpaired) electrons. The van der Waals surface area contributed by atoms with E-state index in [1.165, 1.54) is 0 Å². The summed E-state index contributed by atoms with van der Waals surface area (Å²) in [6.45, 7) is 1.79. The molecule has 0 saturated carbocycles. The Morgan fingerprint density at radius 3 is 2.38 bits per heavy atom. The summed E-state index contributed by atoms with van der Waals surface area (Å²) in [5, 5.41) is 9.01. The van der Waals surface area contributed by atoms with Crippen LogP contribution < -0.4 is 4.72 Å². The number of rotatable bonds is 5. The number of nitrogens with zero attached hydrogens (tertiary/aromatic N) is 1. The van der Waals surface area contributed by atoms with E-state index in [-0.39, 0.29) is 11.8 Å². The highest BCUT2D eigenvalue weighted by Crippen LogP contribution is 2.16. The van der Waals surface area contributed by atoms with Crippen LogP contribution in [0.2, 0.25) is 0 Å². The molecule has 0 aliphatic rings. The number of sulfonamides is 1. The molecule has 5 heteroatoms. The highest BCUT2D eigenvalue weighted by molar-refractivity contribution is 7.88. The lowest BCUT2D eigenvalue weighted by molar-refractivity contribution is 0.566. The van der Waals surface area contributed by atoms with Crippen LogP contribution in [0.1, 0.15) is 29.7 Å². The first-order chi connectivity index (χ1) is 10.0. The lowest BCUT2D eigenvalue weighted by atomic mass is 10.1. The summed E-state index contributed by atoms with van der Waals surface area (Å²) in [7, 11) is -3.52. The number of hydrogen-bond acceptors (Lipinski definition) is 3. The summed E-state index contributed by atoms with van der Waals surface area (Å²) in [6, 6.07) is 17.8. The van der Waals surface area contributed by atoms with E-state index in [0.717, 1.165) is 5.56 Å². The topological polar surface area (TPSA) is 70.0 Å². The number of nitriles is 1. The predicted molar refractivity (Wildman–Crippen MR) is 81.8 cm³/mol. The minimum Gasteiger partial charge on any atom is -0.212 e. The molecule has 0 spiro atoms. The fraction of sp³-hybridized carbons (Fsp3) is 0.188. The molecule has 0 bridgehead atoms. The van der Waals surface area contributed by atoms with Gasteiger partial charge in [-0.05, 0) is 24.1 Å². The van der Waals surface area contributed by atoms with Crippen molar-refractivity contribution < 1.29 is 8.42 Å². The van der Waals surface area contributed by atoms with Crippen molar-refractivity contribution in [2.45, 2.75) is 18.7 Å². The van der Waals surface area contributed by atoms with Gasteiger partial charge in [-0.15, -0.1) is 0 Å². The van der Waals surface area contributed by atoms with Gasteiger partial charge < -0.3 is 0 Å². The molecule has 2 aromatic carbocycles. The molecule has 1 atom stereocenters. The van der Waals surface area contributed by atoms with Gasteiger partial charge in [0.15, 0.2) is 0 Å². The Morgan fingerprint density at radius 2 is 1.71 bits per heavy atom. The lowest BCUT2D eigenvalue weighted by Gasteiger charge is -2.15. The molecule has 4 nitrogen and oxygen atoms in total. The quantitative estimate of drug-likeness (QED) is 0.923. The SMILES string of the molecule is CC(NS(=O)(=O)Cc1ccccc1C#N)c1ccccc1. The zero-order chi connectivity index (χ0) is 15.3. The molecule has 0 fully saturated rings. The molecule has 1 N–H and O–H groups in total. The first kappa shape index (κ1) is 15.2. The third-order valence-corrected chi connectivity index (χ3v) is 4.54. The predicted octanol–water partition coefficient (Wildman–Crippen LogP) is 2.74. The van der Waals surface area contributed by atoms with E-state index >= 15 is 0 Å². The van der Waals surface area contributed by atoms with Crippen molar-refractivity contribution in [3.05, 3.63) is 71.3 Å². The zero-order valence-electron chi connectivity index (χ0n) is 11.7. The van der Waals surface area contributed by atoms with E-state index < -0.39 is 10.0 Å². The summed E-state index contributed by atoms with van der Waals surface area (Å²) in [5.74, 6) is -0.200. The van der Waals surface area contributed by atoms with Gasteiger partial charge in [0, 0.05) is 6.04 Å². The normalized spacial score (nSPS) is 12.6. The molecule has 0 amide bonds. The Balaban J connectivity index is 2.14. The van der Waals surface area contributed by atoms with Crippen LogP contribution >= 0.6 is 0 Å². The second-order valence-electron chi connectivity index (χ2n) is 4.78. The Labute approximate surface area is 125 Å². The Hall–Kier alpha value is -2.16. The molecule has 2 aromatic rings. The second-order valence-corrected chi connectivity index (χ2v) is 6.53. The molecule has 108 valence electrons. The molecule has 0 aromatic heterocycles.